The molecule has 5 nitrogen and oxygen atoms in total. The highest BCUT2D eigenvalue weighted by atomic mass is 32.2. The van der Waals surface area contributed by atoms with E-state index >= 15 is 0 Å². The van der Waals surface area contributed by atoms with Gasteiger partial charge in [0.15, 0.2) is 5.16 Å². The van der Waals surface area contributed by atoms with E-state index in [1.807, 2.05) is 25.1 Å². The molecular weight excluding hydrogens is 288 g/mol. The molecule has 0 radical (unpaired) electrons. The average molecular weight is 306 g/mol. The number of fused-ring (bicyclic) bond motifs is 1. The van der Waals surface area contributed by atoms with E-state index in [0.29, 0.717) is 6.61 Å². The first kappa shape index (κ1) is 14.4. The zero-order valence-electron chi connectivity index (χ0n) is 12.1. The van der Waals surface area contributed by atoms with Crippen LogP contribution >= 0.6 is 11.8 Å². The zero-order chi connectivity index (χ0) is 15.0. The number of rotatable bonds is 4. The van der Waals surface area contributed by atoms with E-state index in [1.165, 1.54) is 11.8 Å². The van der Waals surface area contributed by atoms with Gasteiger partial charge in [-0.25, -0.2) is 4.98 Å². The van der Waals surface area contributed by atoms with E-state index in [-0.39, 0.29) is 11.3 Å². The van der Waals surface area contributed by atoms with Crippen molar-refractivity contribution in [2.45, 2.75) is 31.0 Å². The molecule has 1 fully saturated rings. The minimum atomic E-state index is -0.830. The fourth-order valence-electron chi connectivity index (χ4n) is 2.80. The van der Waals surface area contributed by atoms with Gasteiger partial charge in [0.25, 0.3) is 0 Å². The summed E-state index contributed by atoms with van der Waals surface area (Å²) < 4.78 is 7.73. The number of imidazole rings is 1. The first-order valence-electron chi connectivity index (χ1n) is 6.92. The molecule has 1 saturated heterocycles. The molecule has 0 bridgehead atoms. The molecule has 1 unspecified atom stereocenters. The molecule has 1 aromatic carbocycles. The standard InChI is InChI=1S/C15H18N2O3S/c1-10-4-3-5-11-13(10)16-14(21-8-12(18)19)17(11)15(2)6-7-20-9-15/h3-5H,6-9H2,1-2H3,(H,18,19). The Balaban J connectivity index is 2.15. The maximum absolute atomic E-state index is 10.9. The molecule has 1 aliphatic heterocycles. The van der Waals surface area contributed by atoms with Gasteiger partial charge in [-0.2, -0.15) is 0 Å². The van der Waals surface area contributed by atoms with E-state index < -0.39 is 5.97 Å². The van der Waals surface area contributed by atoms with Crippen molar-refractivity contribution in [1.29, 1.82) is 0 Å². The SMILES string of the molecule is Cc1cccc2c1nc(SCC(=O)O)n2C1(C)CCOC1. The number of aryl methyl sites for hydroxylation is 1. The molecule has 0 aliphatic carbocycles. The van der Waals surface area contributed by atoms with Crippen LogP contribution in [0, 0.1) is 6.92 Å². The van der Waals surface area contributed by atoms with Gasteiger partial charge in [0.1, 0.15) is 0 Å². The second kappa shape index (κ2) is 5.35. The Morgan fingerprint density at radius 2 is 2.38 bits per heavy atom. The van der Waals surface area contributed by atoms with Gasteiger partial charge in [-0.3, -0.25) is 4.79 Å². The predicted molar refractivity (Wildman–Crippen MR) is 81.9 cm³/mol. The maximum Gasteiger partial charge on any atom is 0.313 e. The number of aromatic nitrogens is 2. The van der Waals surface area contributed by atoms with Gasteiger partial charge in [0, 0.05) is 6.61 Å². The third-order valence-corrected chi connectivity index (χ3v) is 4.84. The van der Waals surface area contributed by atoms with E-state index in [9.17, 15) is 4.79 Å². The molecule has 0 spiro atoms. The van der Waals surface area contributed by atoms with Crippen molar-refractivity contribution >= 4 is 28.8 Å². The van der Waals surface area contributed by atoms with Gasteiger partial charge in [-0.05, 0) is 31.9 Å². The molecule has 6 heteroatoms. The third kappa shape index (κ3) is 2.53. The highest BCUT2D eigenvalue weighted by Crippen LogP contribution is 2.36. The Hall–Kier alpha value is -1.53. The van der Waals surface area contributed by atoms with Crippen molar-refractivity contribution in [3.05, 3.63) is 23.8 Å². The lowest BCUT2D eigenvalue weighted by Gasteiger charge is -2.26. The van der Waals surface area contributed by atoms with Gasteiger partial charge in [-0.1, -0.05) is 23.9 Å². The Bertz CT molecular complexity index is 690. The first-order valence-corrected chi connectivity index (χ1v) is 7.91. The number of carboxylic acid groups (broad SMARTS) is 1. The molecule has 0 amide bonds. The number of carbonyl (C=O) groups is 1. The summed E-state index contributed by atoms with van der Waals surface area (Å²) in [5.74, 6) is -0.817. The molecule has 1 aromatic heterocycles. The maximum atomic E-state index is 10.9. The molecular formula is C15H18N2O3S. The number of ether oxygens (including phenoxy) is 1. The molecule has 0 saturated carbocycles. The number of hydrogen-bond donors (Lipinski definition) is 1. The minimum Gasteiger partial charge on any atom is -0.481 e. The Labute approximate surface area is 127 Å². The summed E-state index contributed by atoms with van der Waals surface area (Å²) in [5, 5.41) is 9.70. The lowest BCUT2D eigenvalue weighted by atomic mass is 10.0. The number of nitrogens with zero attached hydrogens (tertiary/aromatic N) is 2. The van der Waals surface area contributed by atoms with Crippen LogP contribution in [0.15, 0.2) is 23.4 Å². The molecule has 21 heavy (non-hydrogen) atoms. The monoisotopic (exact) mass is 306 g/mol. The van der Waals surface area contributed by atoms with Gasteiger partial charge < -0.3 is 14.4 Å². The molecule has 1 aliphatic rings. The quantitative estimate of drug-likeness (QED) is 0.880. The number of carboxylic acids is 1. The number of thioether (sulfide) groups is 1. The van der Waals surface area contributed by atoms with Gasteiger partial charge in [0.05, 0.1) is 28.9 Å². The predicted octanol–water partition coefficient (Wildman–Crippen LogP) is 2.66. The Morgan fingerprint density at radius 3 is 3.05 bits per heavy atom. The van der Waals surface area contributed by atoms with Crippen LogP contribution in [-0.4, -0.2) is 39.6 Å². The third-order valence-electron chi connectivity index (χ3n) is 3.92. The smallest absolute Gasteiger partial charge is 0.313 e. The first-order chi connectivity index (χ1) is 10.0. The second-order valence-corrected chi connectivity index (χ2v) is 6.60. The van der Waals surface area contributed by atoms with Crippen molar-refractivity contribution in [2.24, 2.45) is 0 Å². The van der Waals surface area contributed by atoms with Crippen LogP contribution in [0.2, 0.25) is 0 Å². The van der Waals surface area contributed by atoms with Crippen LogP contribution in [0.3, 0.4) is 0 Å². The summed E-state index contributed by atoms with van der Waals surface area (Å²) in [7, 11) is 0. The van der Waals surface area contributed by atoms with Crippen molar-refractivity contribution in [3.8, 4) is 0 Å². The molecule has 1 N–H and O–H groups in total. The van der Waals surface area contributed by atoms with Crippen molar-refractivity contribution in [3.63, 3.8) is 0 Å². The fourth-order valence-corrected chi connectivity index (χ4v) is 3.65. The Morgan fingerprint density at radius 1 is 1.57 bits per heavy atom. The summed E-state index contributed by atoms with van der Waals surface area (Å²) in [6.07, 6.45) is 0.910. The second-order valence-electron chi connectivity index (χ2n) is 5.65. The number of hydrogen-bond acceptors (Lipinski definition) is 4. The summed E-state index contributed by atoms with van der Waals surface area (Å²) >= 11 is 1.27. The molecule has 2 heterocycles. The molecule has 3 rings (SSSR count). The Kier molecular flexibility index (Phi) is 3.67. The lowest BCUT2D eigenvalue weighted by molar-refractivity contribution is -0.133. The summed E-state index contributed by atoms with van der Waals surface area (Å²) in [5.41, 5.74) is 2.93. The minimum absolute atomic E-state index is 0.0132. The molecule has 2 aromatic rings. The highest BCUT2D eigenvalue weighted by molar-refractivity contribution is 7.99. The van der Waals surface area contributed by atoms with E-state index in [4.69, 9.17) is 9.84 Å². The van der Waals surface area contributed by atoms with E-state index in [0.717, 1.165) is 34.8 Å². The molecule has 1 atom stereocenters. The zero-order valence-corrected chi connectivity index (χ0v) is 12.9. The molecule has 112 valence electrons. The highest BCUT2D eigenvalue weighted by Gasteiger charge is 2.35. The topological polar surface area (TPSA) is 64.3 Å². The van der Waals surface area contributed by atoms with Crippen LogP contribution in [0.25, 0.3) is 11.0 Å². The largest absolute Gasteiger partial charge is 0.481 e. The van der Waals surface area contributed by atoms with Crippen LogP contribution in [-0.2, 0) is 15.1 Å². The van der Waals surface area contributed by atoms with Crippen LogP contribution < -0.4 is 0 Å². The lowest BCUT2D eigenvalue weighted by Crippen LogP contribution is -2.31. The average Bonchev–Trinajstić information content (AvgIpc) is 3.01. The van der Waals surface area contributed by atoms with Crippen molar-refractivity contribution < 1.29 is 14.6 Å². The fraction of sp³-hybridized carbons (Fsp3) is 0.467. The summed E-state index contributed by atoms with van der Waals surface area (Å²) in [4.78, 5) is 15.6. The van der Waals surface area contributed by atoms with Crippen molar-refractivity contribution in [1.82, 2.24) is 9.55 Å². The van der Waals surface area contributed by atoms with Gasteiger partial charge in [0.2, 0.25) is 0 Å². The van der Waals surface area contributed by atoms with Crippen LogP contribution in [0.1, 0.15) is 18.9 Å². The van der Waals surface area contributed by atoms with Crippen LogP contribution in [0.4, 0.5) is 0 Å². The summed E-state index contributed by atoms with van der Waals surface area (Å²) in [6, 6.07) is 6.09. The van der Waals surface area contributed by atoms with Gasteiger partial charge >= 0.3 is 5.97 Å². The van der Waals surface area contributed by atoms with Gasteiger partial charge in [-0.15, -0.1) is 0 Å². The van der Waals surface area contributed by atoms with Crippen LogP contribution in [0.5, 0.6) is 0 Å². The number of benzene rings is 1. The van der Waals surface area contributed by atoms with Crippen molar-refractivity contribution in [2.75, 3.05) is 19.0 Å². The van der Waals surface area contributed by atoms with E-state index in [1.54, 1.807) is 0 Å². The summed E-state index contributed by atoms with van der Waals surface area (Å²) in [6.45, 7) is 5.53. The number of aliphatic carboxylic acids is 1. The number of para-hydroxylation sites is 1. The normalized spacial score (nSPS) is 22.0. The van der Waals surface area contributed by atoms with E-state index in [2.05, 4.69) is 16.5 Å².